The molecule has 0 saturated heterocycles. The minimum atomic E-state index is -0.351. The normalized spacial score (nSPS) is 9.50. The van der Waals surface area contributed by atoms with Crippen LogP contribution in [0.25, 0.3) is 0 Å². The van der Waals surface area contributed by atoms with E-state index in [-0.39, 0.29) is 18.3 Å². The van der Waals surface area contributed by atoms with Gasteiger partial charge in [-0.25, -0.2) is 4.39 Å². The van der Waals surface area contributed by atoms with Gasteiger partial charge in [0.15, 0.2) is 0 Å². The second kappa shape index (κ2) is 7.75. The van der Waals surface area contributed by atoms with Gasteiger partial charge in [-0.05, 0) is 17.7 Å². The number of thioether (sulfide) groups is 1. The molecule has 0 atom stereocenters. The molecule has 0 aliphatic rings. The van der Waals surface area contributed by atoms with Gasteiger partial charge in [-0.15, -0.1) is 11.8 Å². The molecule has 0 saturated carbocycles. The maximum atomic E-state index is 13.4. The quantitative estimate of drug-likeness (QED) is 0.803. The van der Waals surface area contributed by atoms with E-state index >= 15 is 0 Å². The monoisotopic (exact) mass is 266 g/mol. The molecule has 1 aromatic carbocycles. The number of benzene rings is 1. The third-order valence-corrected chi connectivity index (χ3v) is 3.14. The standard InChI is InChI=1S/C13H15FN2OS/c1-16-13(17)9-18-8-10-4-5-12(14)11(7-10)3-2-6-15/h4-5,7H,6,8-9,15H2,1H3,(H,16,17). The zero-order valence-electron chi connectivity index (χ0n) is 10.1. The van der Waals surface area contributed by atoms with Gasteiger partial charge in [-0.2, -0.15) is 0 Å². The molecule has 3 N–H and O–H groups in total. The highest BCUT2D eigenvalue weighted by Gasteiger charge is 2.03. The van der Waals surface area contributed by atoms with E-state index in [0.717, 1.165) is 5.56 Å². The third kappa shape index (κ3) is 4.78. The summed E-state index contributed by atoms with van der Waals surface area (Å²) in [6.45, 7) is 0.203. The number of amides is 1. The molecular formula is C13H15FN2OS. The minimum absolute atomic E-state index is 0.0229. The first-order valence-electron chi connectivity index (χ1n) is 5.43. The fourth-order valence-electron chi connectivity index (χ4n) is 1.24. The molecule has 0 radical (unpaired) electrons. The number of rotatable bonds is 4. The molecule has 96 valence electrons. The van der Waals surface area contributed by atoms with Gasteiger partial charge in [0, 0.05) is 12.8 Å². The van der Waals surface area contributed by atoms with Crippen molar-refractivity contribution in [3.8, 4) is 11.8 Å². The van der Waals surface area contributed by atoms with E-state index in [1.807, 2.05) is 0 Å². The fourth-order valence-corrected chi connectivity index (χ4v) is 2.09. The summed E-state index contributed by atoms with van der Waals surface area (Å²) in [4.78, 5) is 11.0. The molecule has 3 nitrogen and oxygen atoms in total. The molecule has 0 aromatic heterocycles. The summed E-state index contributed by atoms with van der Waals surface area (Å²) >= 11 is 1.47. The third-order valence-electron chi connectivity index (χ3n) is 2.14. The average Bonchev–Trinajstić information content (AvgIpc) is 2.38. The highest BCUT2D eigenvalue weighted by Crippen LogP contribution is 2.15. The predicted octanol–water partition coefficient (Wildman–Crippen LogP) is 1.12. The van der Waals surface area contributed by atoms with E-state index in [4.69, 9.17) is 5.73 Å². The molecule has 0 bridgehead atoms. The minimum Gasteiger partial charge on any atom is -0.358 e. The molecule has 0 unspecified atom stereocenters. The van der Waals surface area contributed by atoms with E-state index in [9.17, 15) is 9.18 Å². The Bertz CT molecular complexity index is 480. The molecule has 1 rings (SSSR count). The average molecular weight is 266 g/mol. The largest absolute Gasteiger partial charge is 0.358 e. The summed E-state index contributed by atoms with van der Waals surface area (Å²) in [5.74, 6) is 5.96. The number of nitrogens with two attached hydrogens (primary N) is 1. The van der Waals surface area contributed by atoms with Crippen molar-refractivity contribution >= 4 is 17.7 Å². The Kier molecular flexibility index (Phi) is 6.26. The van der Waals surface area contributed by atoms with Crippen molar-refractivity contribution in [2.24, 2.45) is 5.73 Å². The lowest BCUT2D eigenvalue weighted by atomic mass is 10.1. The van der Waals surface area contributed by atoms with E-state index in [1.165, 1.54) is 17.8 Å². The van der Waals surface area contributed by atoms with E-state index in [2.05, 4.69) is 17.2 Å². The lowest BCUT2D eigenvalue weighted by molar-refractivity contribution is -0.118. The molecule has 0 fully saturated rings. The van der Waals surface area contributed by atoms with Crippen molar-refractivity contribution in [2.45, 2.75) is 5.75 Å². The smallest absolute Gasteiger partial charge is 0.229 e. The van der Waals surface area contributed by atoms with Gasteiger partial charge in [-0.3, -0.25) is 4.79 Å². The summed E-state index contributed by atoms with van der Waals surface area (Å²) in [6, 6.07) is 4.77. The van der Waals surface area contributed by atoms with Crippen LogP contribution in [0.3, 0.4) is 0 Å². The second-order valence-corrected chi connectivity index (χ2v) is 4.47. The van der Waals surface area contributed by atoms with Crippen molar-refractivity contribution in [1.29, 1.82) is 0 Å². The Balaban J connectivity index is 2.64. The van der Waals surface area contributed by atoms with Gasteiger partial charge in [0.25, 0.3) is 0 Å². The summed E-state index contributed by atoms with van der Waals surface area (Å²) in [7, 11) is 1.60. The van der Waals surface area contributed by atoms with Crippen molar-refractivity contribution in [1.82, 2.24) is 5.32 Å². The highest BCUT2D eigenvalue weighted by molar-refractivity contribution is 7.99. The number of nitrogens with one attached hydrogen (secondary N) is 1. The van der Waals surface area contributed by atoms with Crippen LogP contribution in [-0.4, -0.2) is 25.3 Å². The molecule has 1 aromatic rings. The van der Waals surface area contributed by atoms with Crippen molar-refractivity contribution in [3.63, 3.8) is 0 Å². The summed E-state index contributed by atoms with van der Waals surface area (Å²) in [5, 5.41) is 2.54. The topological polar surface area (TPSA) is 55.1 Å². The van der Waals surface area contributed by atoms with Crippen LogP contribution in [0.5, 0.6) is 0 Å². The first-order chi connectivity index (χ1) is 8.67. The number of hydrogen-bond acceptors (Lipinski definition) is 3. The molecule has 0 aliphatic carbocycles. The molecular weight excluding hydrogens is 251 g/mol. The Labute approximate surface area is 110 Å². The first-order valence-corrected chi connectivity index (χ1v) is 6.58. The van der Waals surface area contributed by atoms with Gasteiger partial charge in [0.1, 0.15) is 5.82 Å². The van der Waals surface area contributed by atoms with Crippen LogP contribution in [0.2, 0.25) is 0 Å². The molecule has 1 amide bonds. The van der Waals surface area contributed by atoms with Crippen LogP contribution < -0.4 is 11.1 Å². The lowest BCUT2D eigenvalue weighted by Gasteiger charge is -2.03. The summed E-state index contributed by atoms with van der Waals surface area (Å²) < 4.78 is 13.4. The van der Waals surface area contributed by atoms with Gasteiger partial charge in [-0.1, -0.05) is 17.9 Å². The van der Waals surface area contributed by atoms with E-state index in [0.29, 0.717) is 17.1 Å². The van der Waals surface area contributed by atoms with Gasteiger partial charge in [0.2, 0.25) is 5.91 Å². The number of hydrogen-bond donors (Lipinski definition) is 2. The van der Waals surface area contributed by atoms with Crippen LogP contribution in [0, 0.1) is 17.7 Å². The van der Waals surface area contributed by atoms with Crippen LogP contribution in [-0.2, 0) is 10.5 Å². The van der Waals surface area contributed by atoms with Crippen LogP contribution in [0.4, 0.5) is 4.39 Å². The number of carbonyl (C=O) groups excluding carboxylic acids is 1. The zero-order chi connectivity index (χ0) is 13.4. The SMILES string of the molecule is CNC(=O)CSCc1ccc(F)c(C#CCN)c1. The van der Waals surface area contributed by atoms with Crippen molar-refractivity contribution < 1.29 is 9.18 Å². The van der Waals surface area contributed by atoms with Crippen molar-refractivity contribution in [2.75, 3.05) is 19.3 Å². The first kappa shape index (κ1) is 14.6. The predicted molar refractivity (Wildman–Crippen MR) is 72.6 cm³/mol. The van der Waals surface area contributed by atoms with Crippen LogP contribution in [0.15, 0.2) is 18.2 Å². The summed E-state index contributed by atoms with van der Waals surface area (Å²) in [6.07, 6.45) is 0. The highest BCUT2D eigenvalue weighted by atomic mass is 32.2. The maximum absolute atomic E-state index is 13.4. The van der Waals surface area contributed by atoms with Crippen LogP contribution in [0.1, 0.15) is 11.1 Å². The molecule has 0 heterocycles. The van der Waals surface area contributed by atoms with E-state index < -0.39 is 0 Å². The second-order valence-electron chi connectivity index (χ2n) is 3.49. The van der Waals surface area contributed by atoms with Crippen molar-refractivity contribution in [3.05, 3.63) is 35.1 Å². The van der Waals surface area contributed by atoms with Crippen LogP contribution >= 0.6 is 11.8 Å². The molecule has 5 heteroatoms. The maximum Gasteiger partial charge on any atom is 0.229 e. The summed E-state index contributed by atoms with van der Waals surface area (Å²) in [5.41, 5.74) is 6.53. The van der Waals surface area contributed by atoms with E-state index in [1.54, 1.807) is 19.2 Å². The zero-order valence-corrected chi connectivity index (χ0v) is 10.9. The number of carbonyl (C=O) groups is 1. The Morgan fingerprint density at radius 2 is 2.33 bits per heavy atom. The Morgan fingerprint density at radius 3 is 3.00 bits per heavy atom. The number of halogens is 1. The van der Waals surface area contributed by atoms with Gasteiger partial charge in [0.05, 0.1) is 17.9 Å². The molecule has 0 aliphatic heterocycles. The molecule has 0 spiro atoms. The Morgan fingerprint density at radius 1 is 1.56 bits per heavy atom. The fraction of sp³-hybridized carbons (Fsp3) is 0.308. The van der Waals surface area contributed by atoms with Gasteiger partial charge >= 0.3 is 0 Å². The lowest BCUT2D eigenvalue weighted by Crippen LogP contribution is -2.19. The molecule has 18 heavy (non-hydrogen) atoms. The van der Waals surface area contributed by atoms with Gasteiger partial charge < -0.3 is 11.1 Å². The Hall–Kier alpha value is -1.51.